The van der Waals surface area contributed by atoms with Gasteiger partial charge in [0.15, 0.2) is 0 Å². The van der Waals surface area contributed by atoms with E-state index in [-0.39, 0.29) is 5.41 Å². The summed E-state index contributed by atoms with van der Waals surface area (Å²) in [6.07, 6.45) is 11.5. The number of hydrogen-bond donors (Lipinski definition) is 3. The molecule has 0 saturated heterocycles. The van der Waals surface area contributed by atoms with Crippen molar-refractivity contribution in [2.45, 2.75) is 84.2 Å². The lowest BCUT2D eigenvalue weighted by Gasteiger charge is -2.55. The minimum atomic E-state index is -0.487. The van der Waals surface area contributed by atoms with E-state index < -0.39 is 5.60 Å². The van der Waals surface area contributed by atoms with Gasteiger partial charge >= 0.3 is 0 Å². The van der Waals surface area contributed by atoms with Crippen LogP contribution in [-0.4, -0.2) is 16.4 Å². The van der Waals surface area contributed by atoms with Gasteiger partial charge in [-0.05, 0) is 99.1 Å². The van der Waals surface area contributed by atoms with E-state index in [4.69, 9.17) is 11.1 Å². The predicted octanol–water partition coefficient (Wildman–Crippen LogP) is 4.64. The van der Waals surface area contributed by atoms with Crippen LogP contribution < -0.4 is 5.73 Å². The highest BCUT2D eigenvalue weighted by molar-refractivity contribution is 5.98. The van der Waals surface area contributed by atoms with Gasteiger partial charge in [-0.2, -0.15) is 0 Å². The van der Waals surface area contributed by atoms with Crippen LogP contribution in [0.1, 0.15) is 78.6 Å². The van der Waals surface area contributed by atoms with E-state index in [9.17, 15) is 5.11 Å². The van der Waals surface area contributed by atoms with Crippen molar-refractivity contribution in [2.24, 2.45) is 34.8 Å². The van der Waals surface area contributed by atoms with E-state index in [1.165, 1.54) is 19.3 Å². The molecule has 0 radical (unpaired) electrons. The van der Waals surface area contributed by atoms with E-state index in [1.54, 1.807) is 6.20 Å². The topological polar surface area (TPSA) is 70.1 Å². The molecule has 0 heterocycles. The van der Waals surface area contributed by atoms with Gasteiger partial charge in [0.25, 0.3) is 0 Å². The van der Waals surface area contributed by atoms with Gasteiger partial charge in [-0.1, -0.05) is 20.3 Å². The molecular weight excluding hydrogens is 296 g/mol. The molecule has 4 N–H and O–H groups in total. The van der Waals surface area contributed by atoms with E-state index in [1.807, 2.05) is 6.92 Å². The zero-order valence-corrected chi connectivity index (χ0v) is 15.8. The molecule has 3 aliphatic carbocycles. The highest BCUT2D eigenvalue weighted by Gasteiger charge is 2.52. The molecule has 3 rings (SSSR count). The molecule has 136 valence electrons. The van der Waals surface area contributed by atoms with Crippen LogP contribution in [0.25, 0.3) is 0 Å². The fourth-order valence-electron chi connectivity index (χ4n) is 6.19. The molecule has 3 aliphatic rings. The quantitative estimate of drug-likeness (QED) is 0.604. The fourth-order valence-corrected chi connectivity index (χ4v) is 6.19. The van der Waals surface area contributed by atoms with Crippen molar-refractivity contribution in [1.29, 1.82) is 5.41 Å². The van der Waals surface area contributed by atoms with Crippen molar-refractivity contribution in [3.05, 3.63) is 11.8 Å². The van der Waals surface area contributed by atoms with Crippen LogP contribution in [0.4, 0.5) is 0 Å². The lowest BCUT2D eigenvalue weighted by molar-refractivity contribution is -0.0305. The van der Waals surface area contributed by atoms with E-state index in [0.717, 1.165) is 55.7 Å². The first-order chi connectivity index (χ1) is 11.3. The van der Waals surface area contributed by atoms with Gasteiger partial charge in [0.1, 0.15) is 0 Å². The maximum absolute atomic E-state index is 10.6. The van der Waals surface area contributed by atoms with E-state index in [2.05, 4.69) is 13.8 Å². The molecule has 0 amide bonds. The van der Waals surface area contributed by atoms with Gasteiger partial charge in [0.2, 0.25) is 0 Å². The van der Waals surface area contributed by atoms with E-state index in [0.29, 0.717) is 17.8 Å². The minimum Gasteiger partial charge on any atom is -0.404 e. The first kappa shape index (κ1) is 18.0. The Bertz CT molecular complexity index is 524. The summed E-state index contributed by atoms with van der Waals surface area (Å²) in [4.78, 5) is 0. The van der Waals surface area contributed by atoms with Crippen molar-refractivity contribution < 1.29 is 5.11 Å². The summed E-state index contributed by atoms with van der Waals surface area (Å²) in [5.74, 6) is 2.81. The van der Waals surface area contributed by atoms with Crippen LogP contribution in [-0.2, 0) is 0 Å². The predicted molar refractivity (Wildman–Crippen MR) is 99.9 cm³/mol. The number of nitrogens with one attached hydrogen (secondary N) is 1. The molecule has 0 aromatic rings. The highest BCUT2D eigenvalue weighted by atomic mass is 16.3. The summed E-state index contributed by atoms with van der Waals surface area (Å²) in [6, 6.07) is 0. The van der Waals surface area contributed by atoms with Crippen LogP contribution in [0.5, 0.6) is 0 Å². The Morgan fingerprint density at radius 3 is 2.62 bits per heavy atom. The largest absolute Gasteiger partial charge is 0.404 e. The molecule has 3 heteroatoms. The van der Waals surface area contributed by atoms with Crippen molar-refractivity contribution in [2.75, 3.05) is 0 Å². The van der Waals surface area contributed by atoms with Gasteiger partial charge in [-0.15, -0.1) is 0 Å². The Balaban J connectivity index is 1.90. The SMILES string of the molecule is CC1CC[C@](C)(O)CCCC2C1CCC1CC(=N)/C(=C\N)C[C@@]12C. The Hall–Kier alpha value is -0.830. The Labute approximate surface area is 147 Å². The molecule has 3 saturated carbocycles. The third kappa shape index (κ3) is 3.16. The molecule has 4 unspecified atom stereocenters. The summed E-state index contributed by atoms with van der Waals surface area (Å²) in [5.41, 5.74) is 7.50. The monoisotopic (exact) mass is 332 g/mol. The zero-order valence-electron chi connectivity index (χ0n) is 15.8. The average Bonchev–Trinajstić information content (AvgIpc) is 2.58. The molecule has 24 heavy (non-hydrogen) atoms. The highest BCUT2D eigenvalue weighted by Crippen LogP contribution is 2.59. The van der Waals surface area contributed by atoms with Crippen molar-refractivity contribution in [1.82, 2.24) is 0 Å². The second-order valence-corrected chi connectivity index (χ2v) is 9.51. The van der Waals surface area contributed by atoms with Crippen molar-refractivity contribution in [3.63, 3.8) is 0 Å². The molecule has 0 aromatic heterocycles. The van der Waals surface area contributed by atoms with Crippen LogP contribution in [0.15, 0.2) is 11.8 Å². The van der Waals surface area contributed by atoms with Crippen molar-refractivity contribution >= 4 is 5.71 Å². The van der Waals surface area contributed by atoms with Crippen LogP contribution in [0.3, 0.4) is 0 Å². The molecule has 0 aromatic carbocycles. The van der Waals surface area contributed by atoms with Crippen LogP contribution in [0.2, 0.25) is 0 Å². The summed E-state index contributed by atoms with van der Waals surface area (Å²) >= 11 is 0. The molecule has 0 aliphatic heterocycles. The average molecular weight is 333 g/mol. The molecule has 0 spiro atoms. The lowest BCUT2D eigenvalue weighted by atomic mass is 9.49. The maximum atomic E-state index is 10.6. The fraction of sp³-hybridized carbons (Fsp3) is 0.857. The number of nitrogens with two attached hydrogens (primary N) is 1. The van der Waals surface area contributed by atoms with Gasteiger partial charge in [-0.25, -0.2) is 0 Å². The van der Waals surface area contributed by atoms with Gasteiger partial charge in [0.05, 0.1) is 5.60 Å². The van der Waals surface area contributed by atoms with Gasteiger partial charge < -0.3 is 16.2 Å². The van der Waals surface area contributed by atoms with E-state index >= 15 is 0 Å². The molecule has 3 nitrogen and oxygen atoms in total. The third-order valence-electron chi connectivity index (χ3n) is 7.86. The van der Waals surface area contributed by atoms with Gasteiger partial charge in [-0.3, -0.25) is 0 Å². The first-order valence-corrected chi connectivity index (χ1v) is 9.98. The maximum Gasteiger partial charge on any atom is 0.0619 e. The second kappa shape index (κ2) is 6.48. The Morgan fingerprint density at radius 1 is 1.17 bits per heavy atom. The minimum absolute atomic E-state index is 0.281. The standard InChI is InChI=1S/C21H36N2O/c1-14-8-10-20(2,24)9-4-5-18-17(14)7-6-16-11-19(23)15(13-22)12-21(16,18)3/h13-14,16-18,23-24H,4-12,22H2,1-3H3/b15-13-,23-19?/t14?,16?,17?,18?,20-,21+/m1/s1. The Kier molecular flexibility index (Phi) is 4.85. The summed E-state index contributed by atoms with van der Waals surface area (Å²) in [5, 5.41) is 18.9. The summed E-state index contributed by atoms with van der Waals surface area (Å²) in [7, 11) is 0. The Morgan fingerprint density at radius 2 is 1.92 bits per heavy atom. The smallest absolute Gasteiger partial charge is 0.0619 e. The molecule has 0 bridgehead atoms. The lowest BCUT2D eigenvalue weighted by Crippen LogP contribution is -2.49. The third-order valence-corrected chi connectivity index (χ3v) is 7.86. The van der Waals surface area contributed by atoms with Crippen molar-refractivity contribution in [3.8, 4) is 0 Å². The number of hydrogen-bond acceptors (Lipinski definition) is 3. The number of fused-ring (bicyclic) bond motifs is 3. The second-order valence-electron chi connectivity index (χ2n) is 9.51. The van der Waals surface area contributed by atoms with Crippen LogP contribution in [0, 0.1) is 34.5 Å². The zero-order chi connectivity index (χ0) is 17.5. The summed E-state index contributed by atoms with van der Waals surface area (Å²) < 4.78 is 0. The first-order valence-electron chi connectivity index (χ1n) is 9.98. The molecule has 3 fully saturated rings. The molecule has 6 atom stereocenters. The summed E-state index contributed by atoms with van der Waals surface area (Å²) in [6.45, 7) is 6.91. The molecular formula is C21H36N2O. The number of allylic oxidation sites excluding steroid dienone is 1. The number of aliphatic hydroxyl groups is 1. The normalized spacial score (nSPS) is 48.8. The van der Waals surface area contributed by atoms with Crippen LogP contribution >= 0.6 is 0 Å². The number of rotatable bonds is 0. The van der Waals surface area contributed by atoms with Gasteiger partial charge in [0, 0.05) is 5.71 Å².